The van der Waals surface area contributed by atoms with Crippen LogP contribution in [0.2, 0.25) is 0 Å². The number of ether oxygens (including phenoxy) is 3. The molecule has 0 aromatic rings. The lowest BCUT2D eigenvalue weighted by Crippen LogP contribution is -2.10. The van der Waals surface area contributed by atoms with Crippen molar-refractivity contribution in [2.75, 3.05) is 39.6 Å². The minimum Gasteiger partial charge on any atom is -0.379 e. The van der Waals surface area contributed by atoms with Crippen LogP contribution in [-0.4, -0.2) is 39.6 Å². The first-order chi connectivity index (χ1) is 9.41. The molecule has 0 heterocycles. The van der Waals surface area contributed by atoms with Crippen LogP contribution in [0.3, 0.4) is 0 Å². The molecular formula is C16H34O3. The Morgan fingerprint density at radius 2 is 0.789 bits per heavy atom. The Bertz CT molecular complexity index is 135. The molecule has 0 aromatic carbocycles. The fourth-order valence-electron chi connectivity index (χ4n) is 1.80. The Morgan fingerprint density at radius 1 is 0.421 bits per heavy atom. The fourth-order valence-corrected chi connectivity index (χ4v) is 1.80. The Balaban J connectivity index is 2.88. The maximum atomic E-state index is 5.51. The van der Waals surface area contributed by atoms with E-state index in [9.17, 15) is 0 Å². The second-order valence-electron chi connectivity index (χ2n) is 4.96. The lowest BCUT2D eigenvalue weighted by atomic mass is 10.2. The molecule has 0 fully saturated rings. The average Bonchev–Trinajstić information content (AvgIpc) is 2.43. The maximum absolute atomic E-state index is 5.51. The van der Waals surface area contributed by atoms with Crippen molar-refractivity contribution in [2.24, 2.45) is 0 Å². The van der Waals surface area contributed by atoms with Gasteiger partial charge in [-0.2, -0.15) is 0 Å². The molecule has 3 nitrogen and oxygen atoms in total. The van der Waals surface area contributed by atoms with Crippen molar-refractivity contribution in [1.29, 1.82) is 0 Å². The minimum atomic E-state index is 0.686. The highest BCUT2D eigenvalue weighted by Crippen LogP contribution is 2.02. The second kappa shape index (κ2) is 17.9. The van der Waals surface area contributed by atoms with Gasteiger partial charge in [-0.25, -0.2) is 0 Å². The van der Waals surface area contributed by atoms with Gasteiger partial charge >= 0.3 is 0 Å². The van der Waals surface area contributed by atoms with Crippen LogP contribution in [0.4, 0.5) is 0 Å². The van der Waals surface area contributed by atoms with Crippen molar-refractivity contribution in [3.8, 4) is 0 Å². The van der Waals surface area contributed by atoms with E-state index in [2.05, 4.69) is 13.8 Å². The maximum Gasteiger partial charge on any atom is 0.0701 e. The smallest absolute Gasteiger partial charge is 0.0701 e. The van der Waals surface area contributed by atoms with Crippen LogP contribution in [0.15, 0.2) is 0 Å². The molecule has 0 saturated carbocycles. The van der Waals surface area contributed by atoms with E-state index in [4.69, 9.17) is 14.2 Å². The van der Waals surface area contributed by atoms with Crippen LogP contribution in [0, 0.1) is 0 Å². The molecule has 19 heavy (non-hydrogen) atoms. The third-order valence-corrected chi connectivity index (χ3v) is 3.03. The molecule has 0 saturated heterocycles. The molecule has 0 N–H and O–H groups in total. The third kappa shape index (κ3) is 17.9. The summed E-state index contributed by atoms with van der Waals surface area (Å²) in [5, 5.41) is 0. The van der Waals surface area contributed by atoms with Gasteiger partial charge in [-0.15, -0.1) is 0 Å². The van der Waals surface area contributed by atoms with Gasteiger partial charge in [0.1, 0.15) is 0 Å². The molecule has 0 aliphatic rings. The van der Waals surface area contributed by atoms with Crippen LogP contribution in [0.5, 0.6) is 0 Å². The van der Waals surface area contributed by atoms with E-state index >= 15 is 0 Å². The Labute approximate surface area is 120 Å². The first kappa shape index (κ1) is 18.9. The molecule has 0 bridgehead atoms. The van der Waals surface area contributed by atoms with Crippen molar-refractivity contribution in [2.45, 2.75) is 65.2 Å². The summed E-state index contributed by atoms with van der Waals surface area (Å²) < 4.78 is 16.4. The predicted octanol–water partition coefficient (Wildman–Crippen LogP) is 4.20. The molecule has 0 atom stereocenters. The monoisotopic (exact) mass is 274 g/mol. The zero-order chi connectivity index (χ0) is 14.0. The highest BCUT2D eigenvalue weighted by Gasteiger charge is 1.93. The van der Waals surface area contributed by atoms with Crippen molar-refractivity contribution < 1.29 is 14.2 Å². The molecule has 0 aromatic heterocycles. The quantitative estimate of drug-likeness (QED) is 0.395. The molecule has 0 spiro atoms. The van der Waals surface area contributed by atoms with Gasteiger partial charge in [0.2, 0.25) is 0 Å². The largest absolute Gasteiger partial charge is 0.379 e. The first-order valence-electron chi connectivity index (χ1n) is 8.15. The summed E-state index contributed by atoms with van der Waals surface area (Å²) in [4.78, 5) is 0. The lowest BCUT2D eigenvalue weighted by Gasteiger charge is -2.06. The summed E-state index contributed by atoms with van der Waals surface area (Å²) in [5.41, 5.74) is 0. The summed E-state index contributed by atoms with van der Waals surface area (Å²) in [6.45, 7) is 8.98. The van der Waals surface area contributed by atoms with Crippen LogP contribution in [0.1, 0.15) is 65.2 Å². The lowest BCUT2D eigenvalue weighted by molar-refractivity contribution is 0.0133. The van der Waals surface area contributed by atoms with Gasteiger partial charge in [0.05, 0.1) is 26.4 Å². The minimum absolute atomic E-state index is 0.686. The zero-order valence-electron chi connectivity index (χ0n) is 13.1. The first-order valence-corrected chi connectivity index (χ1v) is 8.15. The zero-order valence-corrected chi connectivity index (χ0v) is 13.1. The van der Waals surface area contributed by atoms with E-state index in [1.807, 2.05) is 0 Å². The van der Waals surface area contributed by atoms with Crippen LogP contribution >= 0.6 is 0 Å². The highest BCUT2D eigenvalue weighted by molar-refractivity contribution is 4.42. The number of hydrogen-bond donors (Lipinski definition) is 0. The van der Waals surface area contributed by atoms with Crippen LogP contribution in [0.25, 0.3) is 0 Å². The van der Waals surface area contributed by atoms with Gasteiger partial charge in [0.25, 0.3) is 0 Å². The van der Waals surface area contributed by atoms with Gasteiger partial charge in [-0.1, -0.05) is 52.4 Å². The Kier molecular flexibility index (Phi) is 17.8. The molecule has 0 unspecified atom stereocenters. The molecule has 3 heteroatoms. The van der Waals surface area contributed by atoms with Gasteiger partial charge in [-0.05, 0) is 12.8 Å². The van der Waals surface area contributed by atoms with Crippen molar-refractivity contribution in [1.82, 2.24) is 0 Å². The van der Waals surface area contributed by atoms with E-state index < -0.39 is 0 Å². The fraction of sp³-hybridized carbons (Fsp3) is 1.00. The summed E-state index contributed by atoms with van der Waals surface area (Å²) >= 11 is 0. The van der Waals surface area contributed by atoms with E-state index in [1.54, 1.807) is 0 Å². The van der Waals surface area contributed by atoms with Gasteiger partial charge < -0.3 is 14.2 Å². The Morgan fingerprint density at radius 3 is 1.32 bits per heavy atom. The van der Waals surface area contributed by atoms with E-state index in [-0.39, 0.29) is 0 Å². The number of hydrogen-bond acceptors (Lipinski definition) is 3. The molecule has 0 rings (SSSR count). The average molecular weight is 274 g/mol. The van der Waals surface area contributed by atoms with Crippen LogP contribution in [-0.2, 0) is 14.2 Å². The summed E-state index contributed by atoms with van der Waals surface area (Å²) in [7, 11) is 0. The van der Waals surface area contributed by atoms with Crippen LogP contribution < -0.4 is 0 Å². The van der Waals surface area contributed by atoms with E-state index in [1.165, 1.54) is 44.9 Å². The normalized spacial score (nSPS) is 11.1. The summed E-state index contributed by atoms with van der Waals surface area (Å²) in [6, 6.07) is 0. The SMILES string of the molecule is CCCCCCCOCCOCCOCCCCC. The number of unbranched alkanes of at least 4 members (excludes halogenated alkanes) is 6. The standard InChI is InChI=1S/C16H34O3/c1-3-5-7-8-10-12-18-14-16-19-15-13-17-11-9-6-4-2/h3-16H2,1-2H3. The van der Waals surface area contributed by atoms with E-state index in [0.717, 1.165) is 19.6 Å². The van der Waals surface area contributed by atoms with Crippen molar-refractivity contribution in [3.63, 3.8) is 0 Å². The molecule has 0 aliphatic heterocycles. The topological polar surface area (TPSA) is 27.7 Å². The summed E-state index contributed by atoms with van der Waals surface area (Å²) in [5.74, 6) is 0. The third-order valence-electron chi connectivity index (χ3n) is 3.03. The molecule has 0 radical (unpaired) electrons. The molecule has 0 amide bonds. The van der Waals surface area contributed by atoms with Crippen molar-refractivity contribution in [3.05, 3.63) is 0 Å². The molecule has 116 valence electrons. The second-order valence-corrected chi connectivity index (χ2v) is 4.96. The van der Waals surface area contributed by atoms with E-state index in [0.29, 0.717) is 26.4 Å². The summed E-state index contributed by atoms with van der Waals surface area (Å²) in [6.07, 6.45) is 10.1. The predicted molar refractivity (Wildman–Crippen MR) is 80.7 cm³/mol. The molecular weight excluding hydrogens is 240 g/mol. The van der Waals surface area contributed by atoms with Gasteiger partial charge in [0, 0.05) is 13.2 Å². The number of rotatable bonds is 16. The van der Waals surface area contributed by atoms with Crippen molar-refractivity contribution >= 4 is 0 Å². The van der Waals surface area contributed by atoms with Gasteiger partial charge in [0.15, 0.2) is 0 Å². The highest BCUT2D eigenvalue weighted by atomic mass is 16.5. The van der Waals surface area contributed by atoms with Gasteiger partial charge in [-0.3, -0.25) is 0 Å². The Hall–Kier alpha value is -0.120. The molecule has 0 aliphatic carbocycles.